The van der Waals surface area contributed by atoms with Crippen molar-refractivity contribution in [2.75, 3.05) is 0 Å². The molecule has 0 unspecified atom stereocenters. The maximum atomic E-state index is 10.6. The van der Waals surface area contributed by atoms with Gasteiger partial charge in [0.2, 0.25) is 0 Å². The number of rotatable bonds is 4. The van der Waals surface area contributed by atoms with Gasteiger partial charge in [0.1, 0.15) is 0 Å². The minimum absolute atomic E-state index is 0.362. The average Bonchev–Trinajstić information content (AvgIpc) is 2.00. The SMILES string of the molecule is CC(=CC(C)=CC(C)C)C=C(C)C(=O)O. The molecule has 0 heterocycles. The molecule has 0 rings (SSSR count). The Kier molecular flexibility index (Phi) is 5.68. The highest BCUT2D eigenvalue weighted by molar-refractivity contribution is 5.86. The van der Waals surface area contributed by atoms with Gasteiger partial charge in [-0.2, -0.15) is 0 Å². The fourth-order valence-electron chi connectivity index (χ4n) is 1.38. The normalized spacial score (nSPS) is 14.7. The van der Waals surface area contributed by atoms with Crippen LogP contribution in [0.1, 0.15) is 34.6 Å². The molecule has 0 aliphatic heterocycles. The van der Waals surface area contributed by atoms with Crippen molar-refractivity contribution in [1.82, 2.24) is 0 Å². The smallest absolute Gasteiger partial charge is 0.331 e. The van der Waals surface area contributed by atoms with E-state index in [1.165, 1.54) is 0 Å². The van der Waals surface area contributed by atoms with E-state index in [0.29, 0.717) is 11.5 Å². The van der Waals surface area contributed by atoms with Crippen molar-refractivity contribution in [3.63, 3.8) is 0 Å². The first-order chi connectivity index (χ1) is 6.82. The highest BCUT2D eigenvalue weighted by Crippen LogP contribution is 2.08. The Morgan fingerprint density at radius 1 is 1.07 bits per heavy atom. The molecule has 0 radical (unpaired) electrons. The van der Waals surface area contributed by atoms with E-state index in [1.807, 2.05) is 19.9 Å². The second kappa shape index (κ2) is 6.23. The molecule has 2 nitrogen and oxygen atoms in total. The maximum absolute atomic E-state index is 10.6. The summed E-state index contributed by atoms with van der Waals surface area (Å²) in [4.78, 5) is 10.6. The lowest BCUT2D eigenvalue weighted by molar-refractivity contribution is -0.132. The number of aliphatic carboxylic acids is 1. The molecule has 0 aliphatic rings. The molecule has 2 heteroatoms. The second-order valence-electron chi connectivity index (χ2n) is 4.18. The van der Waals surface area contributed by atoms with Crippen LogP contribution < -0.4 is 0 Å². The van der Waals surface area contributed by atoms with Crippen LogP contribution in [-0.2, 0) is 4.79 Å². The van der Waals surface area contributed by atoms with E-state index in [-0.39, 0.29) is 0 Å². The van der Waals surface area contributed by atoms with Crippen molar-refractivity contribution < 1.29 is 9.90 Å². The summed E-state index contributed by atoms with van der Waals surface area (Å²) in [6, 6.07) is 0. The van der Waals surface area contributed by atoms with Crippen LogP contribution in [0, 0.1) is 5.92 Å². The summed E-state index contributed by atoms with van der Waals surface area (Å²) < 4.78 is 0. The quantitative estimate of drug-likeness (QED) is 0.566. The van der Waals surface area contributed by atoms with Gasteiger partial charge in [0.05, 0.1) is 0 Å². The number of carboxylic acids is 1. The van der Waals surface area contributed by atoms with Crippen molar-refractivity contribution in [3.05, 3.63) is 34.9 Å². The van der Waals surface area contributed by atoms with Crippen molar-refractivity contribution in [2.24, 2.45) is 5.92 Å². The predicted molar refractivity (Wildman–Crippen MR) is 63.7 cm³/mol. The Balaban J connectivity index is 4.72. The fraction of sp³-hybridized carbons (Fsp3) is 0.462. The molecule has 0 fully saturated rings. The summed E-state index contributed by atoms with van der Waals surface area (Å²) in [5, 5.41) is 8.70. The summed E-state index contributed by atoms with van der Waals surface area (Å²) in [6.07, 6.45) is 5.82. The molecule has 84 valence electrons. The Morgan fingerprint density at radius 3 is 2.00 bits per heavy atom. The molecule has 0 saturated heterocycles. The fourth-order valence-corrected chi connectivity index (χ4v) is 1.38. The Hall–Kier alpha value is -1.31. The molecular formula is C13H20O2. The van der Waals surface area contributed by atoms with Crippen molar-refractivity contribution in [1.29, 1.82) is 0 Å². The number of hydrogen-bond donors (Lipinski definition) is 1. The van der Waals surface area contributed by atoms with E-state index < -0.39 is 5.97 Å². The maximum Gasteiger partial charge on any atom is 0.331 e. The first-order valence-electron chi connectivity index (χ1n) is 5.11. The van der Waals surface area contributed by atoms with Crippen molar-refractivity contribution in [3.8, 4) is 0 Å². The van der Waals surface area contributed by atoms with Crippen LogP contribution in [0.4, 0.5) is 0 Å². The van der Waals surface area contributed by atoms with Gasteiger partial charge in [-0.1, -0.05) is 37.1 Å². The van der Waals surface area contributed by atoms with Crippen LogP contribution >= 0.6 is 0 Å². The van der Waals surface area contributed by atoms with Gasteiger partial charge < -0.3 is 5.11 Å². The first-order valence-corrected chi connectivity index (χ1v) is 5.11. The summed E-state index contributed by atoms with van der Waals surface area (Å²) in [7, 11) is 0. The largest absolute Gasteiger partial charge is 0.478 e. The Morgan fingerprint density at radius 2 is 1.60 bits per heavy atom. The van der Waals surface area contributed by atoms with E-state index in [9.17, 15) is 4.79 Å². The van der Waals surface area contributed by atoms with Gasteiger partial charge in [0.25, 0.3) is 0 Å². The molecule has 0 spiro atoms. The minimum Gasteiger partial charge on any atom is -0.478 e. The third-order valence-electron chi connectivity index (χ3n) is 1.83. The number of hydrogen-bond acceptors (Lipinski definition) is 1. The summed E-state index contributed by atoms with van der Waals surface area (Å²) in [6.45, 7) is 9.76. The molecule has 0 atom stereocenters. The summed E-state index contributed by atoms with van der Waals surface area (Å²) >= 11 is 0. The lowest BCUT2D eigenvalue weighted by Gasteiger charge is -1.99. The molecule has 0 saturated carbocycles. The lowest BCUT2D eigenvalue weighted by Crippen LogP contribution is -1.95. The zero-order chi connectivity index (χ0) is 12.0. The van der Waals surface area contributed by atoms with E-state index >= 15 is 0 Å². The molecule has 0 aromatic rings. The second-order valence-corrected chi connectivity index (χ2v) is 4.18. The van der Waals surface area contributed by atoms with Gasteiger partial charge in [-0.3, -0.25) is 0 Å². The summed E-state index contributed by atoms with van der Waals surface area (Å²) in [5.74, 6) is -0.355. The Bertz CT molecular complexity index is 317. The number of carboxylic acid groups (broad SMARTS) is 1. The van der Waals surface area contributed by atoms with Crippen LogP contribution in [0.3, 0.4) is 0 Å². The summed E-state index contributed by atoms with van der Waals surface area (Å²) in [5.41, 5.74) is 2.49. The molecule has 0 bridgehead atoms. The highest BCUT2D eigenvalue weighted by Gasteiger charge is 1.98. The third kappa shape index (κ3) is 6.72. The van der Waals surface area contributed by atoms with E-state index in [0.717, 1.165) is 11.1 Å². The molecule has 0 aromatic carbocycles. The zero-order valence-corrected chi connectivity index (χ0v) is 10.2. The van der Waals surface area contributed by atoms with Crippen molar-refractivity contribution >= 4 is 5.97 Å². The van der Waals surface area contributed by atoms with E-state index in [2.05, 4.69) is 19.9 Å². The molecular weight excluding hydrogens is 188 g/mol. The van der Waals surface area contributed by atoms with Gasteiger partial charge in [0, 0.05) is 5.57 Å². The molecule has 0 aliphatic carbocycles. The molecule has 0 amide bonds. The van der Waals surface area contributed by atoms with E-state index in [1.54, 1.807) is 13.0 Å². The number of allylic oxidation sites excluding steroid dienone is 5. The lowest BCUT2D eigenvalue weighted by atomic mass is 10.1. The van der Waals surface area contributed by atoms with E-state index in [4.69, 9.17) is 5.11 Å². The average molecular weight is 208 g/mol. The van der Waals surface area contributed by atoms with Crippen LogP contribution in [0.2, 0.25) is 0 Å². The van der Waals surface area contributed by atoms with Crippen LogP contribution in [0.25, 0.3) is 0 Å². The monoisotopic (exact) mass is 208 g/mol. The number of carbonyl (C=O) groups is 1. The highest BCUT2D eigenvalue weighted by atomic mass is 16.4. The minimum atomic E-state index is -0.867. The molecule has 1 N–H and O–H groups in total. The van der Waals surface area contributed by atoms with Crippen LogP contribution in [0.5, 0.6) is 0 Å². The van der Waals surface area contributed by atoms with Gasteiger partial charge in [-0.15, -0.1) is 0 Å². The topological polar surface area (TPSA) is 37.3 Å². The zero-order valence-electron chi connectivity index (χ0n) is 10.2. The van der Waals surface area contributed by atoms with Gasteiger partial charge in [-0.05, 0) is 32.8 Å². The van der Waals surface area contributed by atoms with Crippen LogP contribution in [0.15, 0.2) is 34.9 Å². The van der Waals surface area contributed by atoms with Gasteiger partial charge in [0.15, 0.2) is 0 Å². The third-order valence-corrected chi connectivity index (χ3v) is 1.83. The predicted octanol–water partition coefficient (Wildman–Crippen LogP) is 3.57. The van der Waals surface area contributed by atoms with Crippen LogP contribution in [-0.4, -0.2) is 11.1 Å². The molecule has 15 heavy (non-hydrogen) atoms. The van der Waals surface area contributed by atoms with Gasteiger partial charge >= 0.3 is 5.97 Å². The first kappa shape index (κ1) is 13.7. The molecule has 0 aromatic heterocycles. The standard InChI is InChI=1S/C13H20O2/c1-9(2)6-10(3)7-11(4)8-12(5)13(14)15/h6-9H,1-5H3,(H,14,15). The van der Waals surface area contributed by atoms with Crippen molar-refractivity contribution in [2.45, 2.75) is 34.6 Å². The Labute approximate surface area is 92.0 Å². The van der Waals surface area contributed by atoms with Gasteiger partial charge in [-0.25, -0.2) is 4.79 Å².